The second kappa shape index (κ2) is 7.74. The van der Waals surface area contributed by atoms with E-state index in [0.717, 1.165) is 17.8 Å². The lowest BCUT2D eigenvalue weighted by molar-refractivity contribution is -0.123. The van der Waals surface area contributed by atoms with Gasteiger partial charge in [-0.05, 0) is 45.1 Å². The maximum Gasteiger partial charge on any atom is 0.220 e. The summed E-state index contributed by atoms with van der Waals surface area (Å²) in [5, 5.41) is 5.94. The molecule has 0 saturated carbocycles. The Labute approximate surface area is 126 Å². The van der Waals surface area contributed by atoms with Crippen LogP contribution in [0, 0.1) is 11.8 Å². The Hall–Kier alpha value is -0.940. The Morgan fingerprint density at radius 3 is 2.65 bits per heavy atom. The molecule has 0 radical (unpaired) electrons. The van der Waals surface area contributed by atoms with Gasteiger partial charge in [-0.2, -0.15) is 0 Å². The van der Waals surface area contributed by atoms with E-state index in [-0.39, 0.29) is 5.91 Å². The van der Waals surface area contributed by atoms with Crippen molar-refractivity contribution in [3.8, 4) is 0 Å². The van der Waals surface area contributed by atoms with Crippen LogP contribution < -0.4 is 11.1 Å². The van der Waals surface area contributed by atoms with Gasteiger partial charge in [-0.3, -0.25) is 4.79 Å². The minimum Gasteiger partial charge on any atom is -0.345 e. The zero-order chi connectivity index (χ0) is 15.2. The molecule has 1 unspecified atom stereocenters. The van der Waals surface area contributed by atoms with Crippen LogP contribution in [-0.2, 0) is 10.3 Å². The van der Waals surface area contributed by atoms with Gasteiger partial charge in [-0.15, -0.1) is 11.3 Å². The van der Waals surface area contributed by atoms with Crippen molar-refractivity contribution in [3.63, 3.8) is 0 Å². The van der Waals surface area contributed by atoms with E-state index in [9.17, 15) is 4.79 Å². The van der Waals surface area contributed by atoms with Crippen molar-refractivity contribution in [1.29, 1.82) is 0 Å². The molecule has 114 valence electrons. The van der Waals surface area contributed by atoms with Gasteiger partial charge >= 0.3 is 0 Å². The molecule has 20 heavy (non-hydrogen) atoms. The van der Waals surface area contributed by atoms with Crippen molar-refractivity contribution in [3.05, 3.63) is 16.6 Å². The molecular weight excluding hydrogens is 270 g/mol. The Kier molecular flexibility index (Phi) is 6.62. The molecule has 0 aliphatic heterocycles. The number of hydrogen-bond acceptors (Lipinski definition) is 4. The number of nitrogens with two attached hydrogens (primary N) is 1. The lowest BCUT2D eigenvalue weighted by Crippen LogP contribution is -2.41. The highest BCUT2D eigenvalue weighted by Crippen LogP contribution is 2.24. The first-order valence-electron chi connectivity index (χ1n) is 7.28. The average Bonchev–Trinajstić information content (AvgIpc) is 2.87. The van der Waals surface area contributed by atoms with Gasteiger partial charge < -0.3 is 11.1 Å². The number of thiazole rings is 1. The molecule has 1 rings (SSSR count). The fraction of sp³-hybridized carbons (Fsp3) is 0.733. The summed E-state index contributed by atoms with van der Waals surface area (Å²) < 4.78 is 0. The van der Waals surface area contributed by atoms with E-state index in [1.807, 2.05) is 19.2 Å². The van der Waals surface area contributed by atoms with Crippen molar-refractivity contribution in [2.75, 3.05) is 6.54 Å². The van der Waals surface area contributed by atoms with Crippen LogP contribution in [0.3, 0.4) is 0 Å². The number of carbonyl (C=O) groups excluding carboxylic acids is 1. The first-order chi connectivity index (χ1) is 9.36. The third kappa shape index (κ3) is 5.21. The maximum atomic E-state index is 12.1. The normalized spacial score (nSPS) is 13.5. The van der Waals surface area contributed by atoms with E-state index in [1.165, 1.54) is 0 Å². The molecule has 1 aromatic rings. The van der Waals surface area contributed by atoms with Crippen LogP contribution in [0.5, 0.6) is 0 Å². The summed E-state index contributed by atoms with van der Waals surface area (Å²) >= 11 is 1.57. The molecule has 3 N–H and O–H groups in total. The van der Waals surface area contributed by atoms with Crippen LogP contribution in [0.25, 0.3) is 0 Å². The van der Waals surface area contributed by atoms with Gasteiger partial charge in [-0.1, -0.05) is 13.8 Å². The van der Waals surface area contributed by atoms with Crippen molar-refractivity contribution in [2.24, 2.45) is 17.6 Å². The molecule has 0 bridgehead atoms. The maximum absolute atomic E-state index is 12.1. The number of aromatic nitrogens is 1. The third-order valence-electron chi connectivity index (χ3n) is 3.64. The highest BCUT2D eigenvalue weighted by molar-refractivity contribution is 7.09. The van der Waals surface area contributed by atoms with Crippen LogP contribution >= 0.6 is 11.3 Å². The van der Waals surface area contributed by atoms with Crippen LogP contribution in [-0.4, -0.2) is 17.4 Å². The molecule has 0 fully saturated rings. The minimum atomic E-state index is -0.396. The monoisotopic (exact) mass is 297 g/mol. The van der Waals surface area contributed by atoms with Crippen molar-refractivity contribution in [2.45, 2.75) is 52.5 Å². The summed E-state index contributed by atoms with van der Waals surface area (Å²) in [5.74, 6) is 1.18. The standard InChI is InChI=1S/C15H27N3OS/c1-11(2)12(7-8-16)5-6-13(19)18-15(3,4)14-17-9-10-20-14/h9-12H,5-8,16H2,1-4H3,(H,18,19). The SMILES string of the molecule is CC(C)C(CCN)CCC(=O)NC(C)(C)c1nccs1. The first kappa shape index (κ1) is 17.1. The lowest BCUT2D eigenvalue weighted by Gasteiger charge is -2.25. The Balaban J connectivity index is 2.47. The van der Waals surface area contributed by atoms with Gasteiger partial charge in [0, 0.05) is 18.0 Å². The van der Waals surface area contributed by atoms with Crippen LogP contribution in [0.2, 0.25) is 0 Å². The molecule has 1 atom stereocenters. The fourth-order valence-corrected chi connectivity index (χ4v) is 3.06. The predicted octanol–water partition coefficient (Wildman–Crippen LogP) is 2.90. The predicted molar refractivity (Wildman–Crippen MR) is 84.5 cm³/mol. The van der Waals surface area contributed by atoms with Gasteiger partial charge in [0.1, 0.15) is 5.01 Å². The van der Waals surface area contributed by atoms with E-state index in [0.29, 0.717) is 24.8 Å². The number of carbonyl (C=O) groups is 1. The highest BCUT2D eigenvalue weighted by atomic mass is 32.1. The van der Waals surface area contributed by atoms with Crippen molar-refractivity contribution in [1.82, 2.24) is 10.3 Å². The van der Waals surface area contributed by atoms with Crippen LogP contribution in [0.15, 0.2) is 11.6 Å². The Bertz CT molecular complexity index is 401. The molecule has 5 heteroatoms. The van der Waals surface area contributed by atoms with Gasteiger partial charge in [0.15, 0.2) is 0 Å². The summed E-state index contributed by atoms with van der Waals surface area (Å²) in [6.07, 6.45) is 4.21. The van der Waals surface area contributed by atoms with Crippen LogP contribution in [0.4, 0.5) is 0 Å². The van der Waals surface area contributed by atoms with E-state index in [1.54, 1.807) is 17.5 Å². The van der Waals surface area contributed by atoms with E-state index in [4.69, 9.17) is 5.73 Å². The second-order valence-corrected chi connectivity index (χ2v) is 7.03. The summed E-state index contributed by atoms with van der Waals surface area (Å²) in [6.45, 7) is 9.05. The number of amides is 1. The molecule has 0 saturated heterocycles. The molecule has 1 amide bonds. The summed E-state index contributed by atoms with van der Waals surface area (Å²) in [5.41, 5.74) is 5.24. The molecule has 4 nitrogen and oxygen atoms in total. The molecule has 0 aliphatic carbocycles. The Morgan fingerprint density at radius 1 is 1.45 bits per heavy atom. The Morgan fingerprint density at radius 2 is 2.15 bits per heavy atom. The summed E-state index contributed by atoms with van der Waals surface area (Å²) in [4.78, 5) is 16.4. The van der Waals surface area contributed by atoms with Crippen molar-refractivity contribution >= 4 is 17.2 Å². The average molecular weight is 297 g/mol. The minimum absolute atomic E-state index is 0.0906. The molecule has 1 aromatic heterocycles. The molecule has 0 aromatic carbocycles. The second-order valence-electron chi connectivity index (χ2n) is 6.13. The number of rotatable bonds is 8. The molecule has 1 heterocycles. The van der Waals surface area contributed by atoms with E-state index < -0.39 is 5.54 Å². The summed E-state index contributed by atoms with van der Waals surface area (Å²) in [7, 11) is 0. The zero-order valence-electron chi connectivity index (χ0n) is 13.0. The number of hydrogen-bond donors (Lipinski definition) is 2. The topological polar surface area (TPSA) is 68.0 Å². The van der Waals surface area contributed by atoms with Crippen LogP contribution in [0.1, 0.15) is 52.0 Å². The van der Waals surface area contributed by atoms with Gasteiger partial charge in [0.25, 0.3) is 0 Å². The quantitative estimate of drug-likeness (QED) is 0.775. The smallest absolute Gasteiger partial charge is 0.220 e. The molecule has 0 spiro atoms. The van der Waals surface area contributed by atoms with Gasteiger partial charge in [0.05, 0.1) is 5.54 Å². The zero-order valence-corrected chi connectivity index (χ0v) is 13.8. The third-order valence-corrected chi connectivity index (χ3v) is 4.74. The van der Waals surface area contributed by atoms with E-state index >= 15 is 0 Å². The fourth-order valence-electron chi connectivity index (χ4n) is 2.34. The van der Waals surface area contributed by atoms with Gasteiger partial charge in [0.2, 0.25) is 5.91 Å². The molecular formula is C15H27N3OS. The first-order valence-corrected chi connectivity index (χ1v) is 8.16. The van der Waals surface area contributed by atoms with Crippen molar-refractivity contribution < 1.29 is 4.79 Å². The number of nitrogens with one attached hydrogen (secondary N) is 1. The molecule has 0 aliphatic rings. The summed E-state index contributed by atoms with van der Waals surface area (Å²) in [6, 6.07) is 0. The van der Waals surface area contributed by atoms with E-state index in [2.05, 4.69) is 24.1 Å². The largest absolute Gasteiger partial charge is 0.345 e. The lowest BCUT2D eigenvalue weighted by atomic mass is 9.88. The van der Waals surface area contributed by atoms with Gasteiger partial charge in [-0.25, -0.2) is 4.98 Å². The highest BCUT2D eigenvalue weighted by Gasteiger charge is 2.25. The number of nitrogens with zero attached hydrogens (tertiary/aromatic N) is 1.